The average Bonchev–Trinajstić information content (AvgIpc) is 3.17. The number of amides is 3. The lowest BCUT2D eigenvalue weighted by atomic mass is 10.1. The van der Waals surface area contributed by atoms with Gasteiger partial charge in [0.15, 0.2) is 0 Å². The quantitative estimate of drug-likeness (QED) is 0.467. The molecule has 36 heavy (non-hydrogen) atoms. The predicted molar refractivity (Wildman–Crippen MR) is 133 cm³/mol. The van der Waals surface area contributed by atoms with Gasteiger partial charge >= 0.3 is 0 Å². The van der Waals surface area contributed by atoms with Gasteiger partial charge in [0.1, 0.15) is 11.8 Å². The Bertz CT molecular complexity index is 1370. The van der Waals surface area contributed by atoms with Crippen molar-refractivity contribution in [3.05, 3.63) is 90.0 Å². The minimum Gasteiger partial charge on any atom is -0.497 e. The first-order chi connectivity index (χ1) is 17.2. The van der Waals surface area contributed by atoms with Crippen molar-refractivity contribution >= 4 is 33.4 Å². The first-order valence-corrected chi connectivity index (χ1v) is 12.7. The predicted octanol–water partition coefficient (Wildman–Crippen LogP) is 2.36. The van der Waals surface area contributed by atoms with Crippen LogP contribution in [0.1, 0.15) is 22.3 Å². The number of hydrogen-bond donors (Lipinski definition) is 1. The SMILES string of the molecule is COc1ccc(C(=O)N(CCc2ccccc2)C2CC(=O)N(c3ccc(S(N)(=O)=O)cc3)C2=O)cc1. The zero-order valence-electron chi connectivity index (χ0n) is 19.5. The van der Waals surface area contributed by atoms with E-state index >= 15 is 0 Å². The second-order valence-corrected chi connectivity index (χ2v) is 9.85. The Labute approximate surface area is 209 Å². The van der Waals surface area contributed by atoms with Gasteiger partial charge in [0.25, 0.3) is 11.8 Å². The molecular weight excluding hydrogens is 482 g/mol. The maximum atomic E-state index is 13.5. The van der Waals surface area contributed by atoms with Gasteiger partial charge in [-0.05, 0) is 60.5 Å². The molecule has 1 aliphatic rings. The largest absolute Gasteiger partial charge is 0.497 e. The summed E-state index contributed by atoms with van der Waals surface area (Å²) >= 11 is 0. The number of sulfonamides is 1. The Morgan fingerprint density at radius 2 is 1.64 bits per heavy atom. The third-order valence-electron chi connectivity index (χ3n) is 6.00. The molecule has 1 atom stereocenters. The van der Waals surface area contributed by atoms with Crippen LogP contribution < -0.4 is 14.8 Å². The second kappa shape index (κ2) is 10.3. The Morgan fingerprint density at radius 1 is 1.00 bits per heavy atom. The van der Waals surface area contributed by atoms with Crippen LogP contribution in [0.15, 0.2) is 83.8 Å². The topological polar surface area (TPSA) is 127 Å². The monoisotopic (exact) mass is 507 g/mol. The van der Waals surface area contributed by atoms with E-state index in [9.17, 15) is 22.8 Å². The summed E-state index contributed by atoms with van der Waals surface area (Å²) in [4.78, 5) is 42.1. The highest BCUT2D eigenvalue weighted by Gasteiger charge is 2.44. The van der Waals surface area contributed by atoms with Crippen molar-refractivity contribution in [3.8, 4) is 5.75 Å². The van der Waals surface area contributed by atoms with Crippen molar-refractivity contribution in [2.45, 2.75) is 23.8 Å². The number of anilines is 1. The third kappa shape index (κ3) is 5.29. The van der Waals surface area contributed by atoms with Crippen LogP contribution in [0.2, 0.25) is 0 Å². The molecule has 4 rings (SSSR count). The van der Waals surface area contributed by atoms with Gasteiger partial charge in [0.2, 0.25) is 15.9 Å². The first-order valence-electron chi connectivity index (χ1n) is 11.2. The van der Waals surface area contributed by atoms with Gasteiger partial charge in [-0.15, -0.1) is 0 Å². The molecule has 0 saturated carbocycles. The minimum atomic E-state index is -3.93. The number of nitrogens with two attached hydrogens (primary N) is 1. The first kappa shape index (κ1) is 25.1. The maximum absolute atomic E-state index is 13.5. The van der Waals surface area contributed by atoms with Crippen LogP contribution >= 0.6 is 0 Å². The smallest absolute Gasteiger partial charge is 0.257 e. The number of rotatable bonds is 8. The van der Waals surface area contributed by atoms with E-state index in [2.05, 4.69) is 0 Å². The Balaban J connectivity index is 1.63. The summed E-state index contributed by atoms with van der Waals surface area (Å²) in [7, 11) is -2.40. The molecule has 1 unspecified atom stereocenters. The lowest BCUT2D eigenvalue weighted by molar-refractivity contribution is -0.122. The second-order valence-electron chi connectivity index (χ2n) is 8.29. The zero-order chi connectivity index (χ0) is 25.9. The van der Waals surface area contributed by atoms with E-state index < -0.39 is 27.9 Å². The van der Waals surface area contributed by atoms with Crippen LogP contribution in [-0.4, -0.2) is 50.7 Å². The molecule has 3 aromatic rings. The van der Waals surface area contributed by atoms with Gasteiger partial charge in [-0.3, -0.25) is 14.4 Å². The van der Waals surface area contributed by atoms with Gasteiger partial charge in [0, 0.05) is 12.1 Å². The third-order valence-corrected chi connectivity index (χ3v) is 6.93. The fourth-order valence-electron chi connectivity index (χ4n) is 4.11. The van der Waals surface area contributed by atoms with Crippen molar-refractivity contribution in [1.29, 1.82) is 0 Å². The van der Waals surface area contributed by atoms with E-state index in [4.69, 9.17) is 9.88 Å². The summed E-state index contributed by atoms with van der Waals surface area (Å²) in [6.45, 7) is 0.219. The molecule has 10 heteroatoms. The molecule has 0 radical (unpaired) electrons. The fourth-order valence-corrected chi connectivity index (χ4v) is 4.62. The van der Waals surface area contributed by atoms with E-state index in [0.29, 0.717) is 17.7 Å². The number of carbonyl (C=O) groups is 3. The molecular formula is C26H25N3O6S. The summed E-state index contributed by atoms with van der Waals surface area (Å²) in [6, 6.07) is 20.2. The van der Waals surface area contributed by atoms with Crippen molar-refractivity contribution < 1.29 is 27.5 Å². The molecule has 3 amide bonds. The van der Waals surface area contributed by atoms with E-state index in [1.165, 1.54) is 36.3 Å². The molecule has 0 bridgehead atoms. The molecule has 1 fully saturated rings. The number of hydrogen-bond acceptors (Lipinski definition) is 6. The normalized spacial score (nSPS) is 15.7. The number of imide groups is 1. The van der Waals surface area contributed by atoms with Crippen LogP contribution in [-0.2, 0) is 26.0 Å². The molecule has 186 valence electrons. The van der Waals surface area contributed by atoms with Gasteiger partial charge in [-0.2, -0.15) is 0 Å². The van der Waals surface area contributed by atoms with Crippen molar-refractivity contribution in [2.24, 2.45) is 5.14 Å². The number of benzene rings is 3. The van der Waals surface area contributed by atoms with Gasteiger partial charge < -0.3 is 9.64 Å². The summed E-state index contributed by atoms with van der Waals surface area (Å²) in [5, 5.41) is 5.14. The van der Waals surface area contributed by atoms with Gasteiger partial charge in [0.05, 0.1) is 24.1 Å². The molecule has 1 saturated heterocycles. The fraction of sp³-hybridized carbons (Fsp3) is 0.192. The van der Waals surface area contributed by atoms with E-state index in [1.807, 2.05) is 30.3 Å². The summed E-state index contributed by atoms with van der Waals surface area (Å²) < 4.78 is 28.3. The Morgan fingerprint density at radius 3 is 2.22 bits per heavy atom. The molecule has 2 N–H and O–H groups in total. The van der Waals surface area contributed by atoms with E-state index in [0.717, 1.165) is 10.5 Å². The molecule has 9 nitrogen and oxygen atoms in total. The lowest BCUT2D eigenvalue weighted by Gasteiger charge is -2.28. The number of ether oxygens (including phenoxy) is 1. The van der Waals surface area contributed by atoms with Crippen LogP contribution in [0, 0.1) is 0 Å². The van der Waals surface area contributed by atoms with Gasteiger partial charge in [-0.25, -0.2) is 18.5 Å². The number of methoxy groups -OCH3 is 1. The molecule has 3 aromatic carbocycles. The van der Waals surface area contributed by atoms with Crippen molar-refractivity contribution in [3.63, 3.8) is 0 Å². The number of nitrogens with zero attached hydrogens (tertiary/aromatic N) is 2. The van der Waals surface area contributed by atoms with Crippen molar-refractivity contribution in [2.75, 3.05) is 18.6 Å². The highest BCUT2D eigenvalue weighted by atomic mass is 32.2. The molecule has 1 heterocycles. The number of carbonyl (C=O) groups excluding carboxylic acids is 3. The van der Waals surface area contributed by atoms with Crippen molar-refractivity contribution in [1.82, 2.24) is 4.90 Å². The Hall–Kier alpha value is -4.02. The lowest BCUT2D eigenvalue weighted by Crippen LogP contribution is -2.46. The highest BCUT2D eigenvalue weighted by Crippen LogP contribution is 2.28. The standard InChI is InChI=1S/C26H25N3O6S/c1-35-21-11-7-19(8-12-21)25(31)28(16-15-18-5-3-2-4-6-18)23-17-24(30)29(26(23)32)20-9-13-22(14-10-20)36(27,33)34/h2-14,23H,15-17H2,1H3,(H2,27,33,34). The molecule has 1 aliphatic heterocycles. The number of primary sulfonamides is 1. The average molecular weight is 508 g/mol. The molecule has 0 aromatic heterocycles. The summed E-state index contributed by atoms with van der Waals surface area (Å²) in [6.07, 6.45) is 0.302. The highest BCUT2D eigenvalue weighted by molar-refractivity contribution is 7.89. The summed E-state index contributed by atoms with van der Waals surface area (Å²) in [5.41, 5.74) is 1.55. The Kier molecular flexibility index (Phi) is 7.18. The van der Waals surface area contributed by atoms with E-state index in [1.54, 1.807) is 24.3 Å². The van der Waals surface area contributed by atoms with Crippen LogP contribution in [0.4, 0.5) is 5.69 Å². The van der Waals surface area contributed by atoms with E-state index in [-0.39, 0.29) is 29.5 Å². The molecule has 0 spiro atoms. The maximum Gasteiger partial charge on any atom is 0.257 e. The summed E-state index contributed by atoms with van der Waals surface area (Å²) in [5.74, 6) is -0.839. The van der Waals surface area contributed by atoms with Gasteiger partial charge in [-0.1, -0.05) is 30.3 Å². The molecule has 0 aliphatic carbocycles. The van der Waals surface area contributed by atoms with Crippen LogP contribution in [0.3, 0.4) is 0 Å². The zero-order valence-corrected chi connectivity index (χ0v) is 20.4. The van der Waals surface area contributed by atoms with Crippen LogP contribution in [0.5, 0.6) is 5.75 Å². The van der Waals surface area contributed by atoms with Crippen LogP contribution in [0.25, 0.3) is 0 Å². The minimum absolute atomic E-state index is 0.138.